The Labute approximate surface area is 127 Å². The Hall–Kier alpha value is -2.47. The smallest absolute Gasteiger partial charge is 0.342 e. The molecule has 6 heteroatoms. The highest BCUT2D eigenvalue weighted by molar-refractivity contribution is 6.20. The summed E-state index contributed by atoms with van der Waals surface area (Å²) >= 11 is 0. The normalized spacial score (nSPS) is 18.7. The first-order valence-corrected chi connectivity index (χ1v) is 6.93. The van der Waals surface area contributed by atoms with E-state index in [0.717, 1.165) is 0 Å². The summed E-state index contributed by atoms with van der Waals surface area (Å²) in [6, 6.07) is 6.38. The van der Waals surface area contributed by atoms with Crippen molar-refractivity contribution in [3.05, 3.63) is 47.5 Å². The van der Waals surface area contributed by atoms with E-state index in [1.165, 1.54) is 19.2 Å². The van der Waals surface area contributed by atoms with Crippen molar-refractivity contribution in [1.29, 1.82) is 0 Å². The average molecular weight is 301 g/mol. The van der Waals surface area contributed by atoms with Crippen molar-refractivity contribution < 1.29 is 24.0 Å². The van der Waals surface area contributed by atoms with Crippen molar-refractivity contribution in [2.75, 3.05) is 13.7 Å². The van der Waals surface area contributed by atoms with Crippen LogP contribution in [0.15, 0.2) is 36.4 Å². The number of ether oxygens (including phenoxy) is 1. The number of carbonyl (C=O) groups excluding carboxylic acids is 3. The van der Waals surface area contributed by atoms with Gasteiger partial charge in [-0.1, -0.05) is 29.3 Å². The van der Waals surface area contributed by atoms with Gasteiger partial charge in [0.15, 0.2) is 0 Å². The number of hydrogen-bond acceptors (Lipinski definition) is 5. The highest BCUT2D eigenvalue weighted by atomic mass is 16.7. The molecule has 1 aliphatic heterocycles. The van der Waals surface area contributed by atoms with Gasteiger partial charge in [-0.25, -0.2) is 4.79 Å². The lowest BCUT2D eigenvalue weighted by molar-refractivity contribution is -0.183. The molecule has 1 aromatic carbocycles. The zero-order valence-corrected chi connectivity index (χ0v) is 12.1. The summed E-state index contributed by atoms with van der Waals surface area (Å²) in [5.74, 6) is -1.87. The number of hydroxylamine groups is 2. The van der Waals surface area contributed by atoms with Crippen LogP contribution >= 0.6 is 0 Å². The molecule has 0 radical (unpaired) electrons. The largest absolute Gasteiger partial charge is 0.383 e. The summed E-state index contributed by atoms with van der Waals surface area (Å²) < 4.78 is 5.10. The van der Waals surface area contributed by atoms with Crippen LogP contribution in [-0.2, 0) is 14.4 Å². The van der Waals surface area contributed by atoms with Gasteiger partial charge in [0.2, 0.25) is 0 Å². The first-order valence-electron chi connectivity index (χ1n) is 6.93. The fourth-order valence-electron chi connectivity index (χ4n) is 2.75. The van der Waals surface area contributed by atoms with Crippen LogP contribution in [-0.4, -0.2) is 36.6 Å². The van der Waals surface area contributed by atoms with Crippen molar-refractivity contribution in [2.45, 2.75) is 12.8 Å². The van der Waals surface area contributed by atoms with Gasteiger partial charge in [-0.3, -0.25) is 9.59 Å². The lowest BCUT2D eigenvalue weighted by Gasteiger charge is -2.26. The van der Waals surface area contributed by atoms with Crippen molar-refractivity contribution >= 4 is 17.8 Å². The summed E-state index contributed by atoms with van der Waals surface area (Å²) in [7, 11) is 1.50. The number of rotatable bonds is 4. The van der Waals surface area contributed by atoms with Crippen LogP contribution in [0.5, 0.6) is 0 Å². The summed E-state index contributed by atoms with van der Waals surface area (Å²) in [5.41, 5.74) is -0.388. The molecule has 1 heterocycles. The summed E-state index contributed by atoms with van der Waals surface area (Å²) in [5, 5.41) is 0.544. The summed E-state index contributed by atoms with van der Waals surface area (Å²) in [6.07, 6.45) is 4.65. The van der Waals surface area contributed by atoms with E-state index in [4.69, 9.17) is 9.57 Å². The quantitative estimate of drug-likeness (QED) is 0.625. The molecule has 0 fully saturated rings. The maximum Gasteiger partial charge on any atom is 0.342 e. The number of methoxy groups -OCH3 is 1. The van der Waals surface area contributed by atoms with Crippen LogP contribution in [0.2, 0.25) is 0 Å². The third-order valence-electron chi connectivity index (χ3n) is 3.97. The molecule has 1 aromatic rings. The Bertz CT molecular complexity index is 636. The van der Waals surface area contributed by atoms with Crippen LogP contribution in [0.3, 0.4) is 0 Å². The third-order valence-corrected chi connectivity index (χ3v) is 3.97. The van der Waals surface area contributed by atoms with Crippen molar-refractivity contribution in [3.63, 3.8) is 0 Å². The second-order valence-electron chi connectivity index (χ2n) is 5.42. The van der Waals surface area contributed by atoms with E-state index >= 15 is 0 Å². The second-order valence-corrected chi connectivity index (χ2v) is 5.42. The molecule has 0 spiro atoms. The van der Waals surface area contributed by atoms with E-state index in [-0.39, 0.29) is 17.7 Å². The molecule has 6 nitrogen and oxygen atoms in total. The van der Waals surface area contributed by atoms with Crippen LogP contribution < -0.4 is 0 Å². The average Bonchev–Trinajstić information content (AvgIpc) is 3.09. The van der Waals surface area contributed by atoms with E-state index in [0.29, 0.717) is 17.9 Å². The molecule has 0 unspecified atom stereocenters. The van der Waals surface area contributed by atoms with Gasteiger partial charge in [0.05, 0.1) is 17.7 Å². The number of fused-ring (bicyclic) bond motifs is 1. The van der Waals surface area contributed by atoms with Gasteiger partial charge in [0.25, 0.3) is 11.8 Å². The van der Waals surface area contributed by atoms with Gasteiger partial charge in [0, 0.05) is 7.11 Å². The molecule has 2 aliphatic rings. The Morgan fingerprint density at radius 2 is 1.68 bits per heavy atom. The van der Waals surface area contributed by atoms with Gasteiger partial charge in [0.1, 0.15) is 5.41 Å². The minimum Gasteiger partial charge on any atom is -0.383 e. The Morgan fingerprint density at radius 3 is 2.18 bits per heavy atom. The summed E-state index contributed by atoms with van der Waals surface area (Å²) in [6.45, 7) is 0.169. The molecular formula is C16H15NO5. The second kappa shape index (κ2) is 5.38. The maximum absolute atomic E-state index is 12.5. The van der Waals surface area contributed by atoms with Crippen molar-refractivity contribution in [2.24, 2.45) is 5.41 Å². The van der Waals surface area contributed by atoms with E-state index in [9.17, 15) is 14.4 Å². The van der Waals surface area contributed by atoms with E-state index < -0.39 is 23.2 Å². The van der Waals surface area contributed by atoms with Gasteiger partial charge in [-0.15, -0.1) is 0 Å². The molecule has 1 aliphatic carbocycles. The van der Waals surface area contributed by atoms with E-state index in [1.807, 2.05) is 12.2 Å². The number of allylic oxidation sites excluding steroid dienone is 2. The molecular weight excluding hydrogens is 286 g/mol. The lowest BCUT2D eigenvalue weighted by Crippen LogP contribution is -2.41. The molecule has 2 amide bonds. The van der Waals surface area contributed by atoms with Gasteiger partial charge >= 0.3 is 5.97 Å². The molecule has 0 saturated heterocycles. The van der Waals surface area contributed by atoms with Crippen molar-refractivity contribution in [1.82, 2.24) is 5.06 Å². The fourth-order valence-corrected chi connectivity index (χ4v) is 2.75. The number of imide groups is 1. The molecule has 114 valence electrons. The van der Waals surface area contributed by atoms with Gasteiger partial charge in [-0.2, -0.15) is 0 Å². The Kier molecular flexibility index (Phi) is 3.54. The zero-order chi connectivity index (χ0) is 15.7. The first kappa shape index (κ1) is 14.5. The predicted octanol–water partition coefficient (Wildman–Crippen LogP) is 1.72. The highest BCUT2D eigenvalue weighted by Gasteiger charge is 2.46. The van der Waals surface area contributed by atoms with Gasteiger partial charge < -0.3 is 9.57 Å². The van der Waals surface area contributed by atoms with Crippen LogP contribution in [0.25, 0.3) is 0 Å². The lowest BCUT2D eigenvalue weighted by atomic mass is 9.86. The molecule has 0 N–H and O–H groups in total. The van der Waals surface area contributed by atoms with E-state index in [2.05, 4.69) is 0 Å². The van der Waals surface area contributed by atoms with Crippen LogP contribution in [0.1, 0.15) is 33.6 Å². The fraction of sp³-hybridized carbons (Fsp3) is 0.312. The van der Waals surface area contributed by atoms with Crippen LogP contribution in [0.4, 0.5) is 0 Å². The van der Waals surface area contributed by atoms with E-state index in [1.54, 1.807) is 12.1 Å². The highest BCUT2D eigenvalue weighted by Crippen LogP contribution is 2.36. The zero-order valence-electron chi connectivity index (χ0n) is 12.1. The number of hydrogen-bond donors (Lipinski definition) is 0. The Morgan fingerprint density at radius 1 is 1.14 bits per heavy atom. The number of amides is 2. The maximum atomic E-state index is 12.5. The molecule has 0 atom stereocenters. The minimum absolute atomic E-state index is 0.169. The number of carbonyl (C=O) groups is 3. The number of nitrogens with zero attached hydrogens (tertiary/aromatic N) is 1. The standard InChI is InChI=1S/C16H15NO5/c1-21-10-16(8-4-5-9-16)15(20)22-17-13(18)11-6-2-3-7-12(11)14(17)19/h2-7H,8-10H2,1H3. The number of benzene rings is 1. The monoisotopic (exact) mass is 301 g/mol. The molecule has 0 bridgehead atoms. The molecule has 0 saturated carbocycles. The topological polar surface area (TPSA) is 72.9 Å². The third kappa shape index (κ3) is 2.12. The summed E-state index contributed by atoms with van der Waals surface area (Å²) in [4.78, 5) is 42.0. The van der Waals surface area contributed by atoms with Crippen molar-refractivity contribution in [3.8, 4) is 0 Å². The minimum atomic E-state index is -0.871. The molecule has 3 rings (SSSR count). The predicted molar refractivity (Wildman–Crippen MR) is 75.7 cm³/mol. The molecule has 22 heavy (non-hydrogen) atoms. The first-order chi connectivity index (χ1) is 10.6. The van der Waals surface area contributed by atoms with Gasteiger partial charge in [-0.05, 0) is 25.0 Å². The SMILES string of the molecule is COCC1(C(=O)ON2C(=O)c3ccccc3C2=O)CC=CC1. The Balaban J connectivity index is 1.81. The van der Waals surface area contributed by atoms with Crippen LogP contribution in [0, 0.1) is 5.41 Å². The molecule has 0 aromatic heterocycles.